The lowest BCUT2D eigenvalue weighted by atomic mass is 9.93. The molecule has 2 saturated heterocycles. The summed E-state index contributed by atoms with van der Waals surface area (Å²) in [6.07, 6.45) is 4.13. The van der Waals surface area contributed by atoms with Crippen LogP contribution in [0, 0.1) is 11.6 Å². The Morgan fingerprint density at radius 1 is 1.16 bits per heavy atom. The van der Waals surface area contributed by atoms with Crippen LogP contribution in [0.4, 0.5) is 13.6 Å². The minimum absolute atomic E-state index is 0.0335. The van der Waals surface area contributed by atoms with E-state index in [-0.39, 0.29) is 29.7 Å². The van der Waals surface area contributed by atoms with Crippen molar-refractivity contribution >= 4 is 17.2 Å². The number of urea groups is 1. The number of halogens is 2. The third-order valence-electron chi connectivity index (χ3n) is 7.70. The Kier molecular flexibility index (Phi) is 7.98. The van der Waals surface area contributed by atoms with Crippen molar-refractivity contribution in [2.75, 3.05) is 46.4 Å². The highest BCUT2D eigenvalue weighted by Crippen LogP contribution is 2.30. The number of benzene rings is 1. The molecule has 0 radical (unpaired) electrons. The average molecular weight is 530 g/mol. The first kappa shape index (κ1) is 26.2. The summed E-state index contributed by atoms with van der Waals surface area (Å²) < 4.78 is 35.4. The van der Waals surface area contributed by atoms with Gasteiger partial charge in [0, 0.05) is 51.9 Å². The van der Waals surface area contributed by atoms with Gasteiger partial charge in [-0.1, -0.05) is 12.1 Å². The van der Waals surface area contributed by atoms with Crippen LogP contribution in [-0.2, 0) is 4.74 Å². The molecule has 204 valence electrons. The first-order chi connectivity index (χ1) is 18.4. The quantitative estimate of drug-likeness (QED) is 0.508. The van der Waals surface area contributed by atoms with Gasteiger partial charge in [-0.3, -0.25) is 14.5 Å². The van der Waals surface area contributed by atoms with Crippen LogP contribution in [0.5, 0.6) is 0 Å². The second kappa shape index (κ2) is 11.6. The molecule has 0 aliphatic carbocycles. The minimum Gasteiger partial charge on any atom is -0.383 e. The number of fused-ring (bicyclic) bond motifs is 1. The van der Waals surface area contributed by atoms with E-state index >= 15 is 0 Å². The second-order valence-electron chi connectivity index (χ2n) is 10.1. The maximum atomic E-state index is 14.6. The Morgan fingerprint density at radius 2 is 1.97 bits per heavy atom. The van der Waals surface area contributed by atoms with Crippen molar-refractivity contribution in [2.24, 2.45) is 0 Å². The maximum Gasteiger partial charge on any atom is 0.327 e. The molecular weight excluding hydrogens is 496 g/mol. The molecule has 12 heteroatoms. The lowest BCUT2D eigenvalue weighted by Gasteiger charge is -2.34. The van der Waals surface area contributed by atoms with Crippen molar-refractivity contribution < 1.29 is 18.3 Å². The molecule has 0 spiro atoms. The fourth-order valence-electron chi connectivity index (χ4n) is 5.73. The van der Waals surface area contributed by atoms with Crippen LogP contribution in [-0.4, -0.2) is 88.1 Å². The number of ether oxygens (including phenoxy) is 1. The van der Waals surface area contributed by atoms with Crippen molar-refractivity contribution in [2.45, 2.75) is 43.7 Å². The summed E-state index contributed by atoms with van der Waals surface area (Å²) in [6, 6.07) is 5.78. The van der Waals surface area contributed by atoms with Crippen LogP contribution in [0.3, 0.4) is 0 Å². The summed E-state index contributed by atoms with van der Waals surface area (Å²) in [7, 11) is 1.63. The number of carbonyl (C=O) groups is 1. The summed E-state index contributed by atoms with van der Waals surface area (Å²) >= 11 is 0. The second-order valence-corrected chi connectivity index (χ2v) is 10.1. The van der Waals surface area contributed by atoms with E-state index in [0.29, 0.717) is 81.7 Å². The van der Waals surface area contributed by atoms with Crippen LogP contribution >= 0.6 is 0 Å². The number of H-pyrrole nitrogens is 1. The van der Waals surface area contributed by atoms with Gasteiger partial charge in [-0.05, 0) is 49.3 Å². The van der Waals surface area contributed by atoms with Crippen LogP contribution in [0.2, 0.25) is 0 Å². The normalized spacial score (nSPS) is 21.5. The molecule has 2 N–H and O–H groups in total. The number of imidazole rings is 1. The number of carbonyl (C=O) groups excluding carboxylic acids is 1. The molecule has 2 amide bonds. The predicted octanol–water partition coefficient (Wildman–Crippen LogP) is 2.64. The number of hydrogen-bond acceptors (Lipinski definition) is 6. The zero-order chi connectivity index (χ0) is 26.6. The van der Waals surface area contributed by atoms with Crippen LogP contribution in [0.15, 0.2) is 35.3 Å². The molecule has 0 bridgehead atoms. The van der Waals surface area contributed by atoms with E-state index in [4.69, 9.17) is 4.74 Å². The summed E-state index contributed by atoms with van der Waals surface area (Å²) in [5.41, 5.74) is 1.33. The first-order valence-corrected chi connectivity index (χ1v) is 13.1. The number of nitrogens with one attached hydrogen (secondary N) is 2. The predicted molar refractivity (Wildman–Crippen MR) is 137 cm³/mol. The van der Waals surface area contributed by atoms with Crippen molar-refractivity contribution in [1.82, 2.24) is 34.9 Å². The summed E-state index contributed by atoms with van der Waals surface area (Å²) in [6.45, 7) is 3.34. The van der Waals surface area contributed by atoms with Crippen LogP contribution in [0.25, 0.3) is 11.2 Å². The molecule has 2 fully saturated rings. The lowest BCUT2D eigenvalue weighted by molar-refractivity contribution is 0.139. The van der Waals surface area contributed by atoms with Crippen molar-refractivity contribution in [3.05, 3.63) is 58.1 Å². The Bertz CT molecular complexity index is 1320. The number of aromatic amines is 1. The molecule has 2 aromatic heterocycles. The molecule has 0 unspecified atom stereocenters. The average Bonchev–Trinajstić information content (AvgIpc) is 3.13. The van der Waals surface area contributed by atoms with E-state index in [1.807, 2.05) is 0 Å². The van der Waals surface area contributed by atoms with Crippen LogP contribution in [0.1, 0.15) is 43.2 Å². The van der Waals surface area contributed by atoms with Gasteiger partial charge in [-0.2, -0.15) is 5.10 Å². The van der Waals surface area contributed by atoms with Gasteiger partial charge in [0.05, 0.1) is 18.3 Å². The number of hydrogen-bond donors (Lipinski definition) is 2. The smallest absolute Gasteiger partial charge is 0.327 e. The summed E-state index contributed by atoms with van der Waals surface area (Å²) in [5, 5.41) is 11.0. The van der Waals surface area contributed by atoms with E-state index in [1.54, 1.807) is 41.0 Å². The third-order valence-corrected chi connectivity index (χ3v) is 7.70. The highest BCUT2D eigenvalue weighted by atomic mass is 19.2. The number of rotatable bonds is 6. The largest absolute Gasteiger partial charge is 0.383 e. The van der Waals surface area contributed by atoms with Crippen molar-refractivity contribution in [1.29, 1.82) is 0 Å². The Labute approximate surface area is 219 Å². The zero-order valence-corrected chi connectivity index (χ0v) is 21.4. The van der Waals surface area contributed by atoms with Crippen molar-refractivity contribution in [3.63, 3.8) is 0 Å². The molecule has 5 rings (SSSR count). The van der Waals surface area contributed by atoms with Gasteiger partial charge in [0.2, 0.25) is 0 Å². The molecule has 4 heterocycles. The van der Waals surface area contributed by atoms with Gasteiger partial charge < -0.3 is 15.0 Å². The van der Waals surface area contributed by atoms with Gasteiger partial charge in [-0.25, -0.2) is 18.4 Å². The number of nitrogens with zero attached hydrogens (tertiary/aromatic N) is 5. The lowest BCUT2D eigenvalue weighted by Crippen LogP contribution is -2.51. The number of piperidine rings is 1. The van der Waals surface area contributed by atoms with E-state index in [2.05, 4.69) is 25.4 Å². The molecule has 10 nitrogen and oxygen atoms in total. The van der Waals surface area contributed by atoms with Gasteiger partial charge in [0.1, 0.15) is 0 Å². The Morgan fingerprint density at radius 3 is 2.76 bits per heavy atom. The zero-order valence-electron chi connectivity index (χ0n) is 21.4. The standard InChI is InChI=1S/C26H33F2N7O3/c1-38-14-13-33-15-17(20-3-2-4-21(27)23(20)28)5-6-18(16-33)30-25(36)34-11-8-19(9-12-34)35-22-7-10-29-32-24(22)31-26(35)37/h2-4,7,10,17-19H,5-6,8-9,11-16H2,1H3,(H,30,36)(H,31,32,37)/t17-,18-/m1/s1. The Hall–Kier alpha value is -3.38. The van der Waals surface area contributed by atoms with Gasteiger partial charge in [0.15, 0.2) is 17.3 Å². The SMILES string of the molecule is COCCN1C[C@H](NC(=O)N2CCC(n3c(=O)[nH]c4nnccc43)CC2)CC[C@@H](c2cccc(F)c2F)C1. The van der Waals surface area contributed by atoms with Gasteiger partial charge >= 0.3 is 11.7 Å². The van der Waals surface area contributed by atoms with E-state index < -0.39 is 11.6 Å². The topological polar surface area (TPSA) is 108 Å². The Balaban J connectivity index is 1.22. The highest BCUT2D eigenvalue weighted by Gasteiger charge is 2.31. The number of aromatic nitrogens is 4. The van der Waals surface area contributed by atoms with E-state index in [1.165, 1.54) is 0 Å². The molecule has 1 aromatic carbocycles. The summed E-state index contributed by atoms with van der Waals surface area (Å²) in [4.78, 5) is 32.4. The van der Waals surface area contributed by atoms with Gasteiger partial charge in [0.25, 0.3) is 0 Å². The minimum atomic E-state index is -0.841. The molecule has 2 atom stereocenters. The monoisotopic (exact) mass is 529 g/mol. The fourth-order valence-corrected chi connectivity index (χ4v) is 5.73. The molecular formula is C26H33F2N7O3. The molecule has 3 aromatic rings. The van der Waals surface area contributed by atoms with Gasteiger partial charge in [-0.15, -0.1) is 5.10 Å². The first-order valence-electron chi connectivity index (χ1n) is 13.1. The van der Waals surface area contributed by atoms with E-state index in [0.717, 1.165) is 6.07 Å². The molecule has 2 aliphatic rings. The third kappa shape index (κ3) is 5.56. The number of likely N-dealkylation sites (tertiary alicyclic amines) is 2. The highest BCUT2D eigenvalue weighted by molar-refractivity contribution is 5.74. The van der Waals surface area contributed by atoms with E-state index in [9.17, 15) is 18.4 Å². The number of methoxy groups -OCH3 is 1. The fraction of sp³-hybridized carbons (Fsp3) is 0.538. The molecule has 2 aliphatic heterocycles. The van der Waals surface area contributed by atoms with Crippen molar-refractivity contribution in [3.8, 4) is 0 Å². The van der Waals surface area contributed by atoms with Crippen LogP contribution < -0.4 is 11.0 Å². The number of amides is 2. The summed E-state index contributed by atoms with van der Waals surface area (Å²) in [5.74, 6) is -1.82. The maximum absolute atomic E-state index is 14.6. The molecule has 38 heavy (non-hydrogen) atoms. The molecule has 0 saturated carbocycles.